The maximum absolute atomic E-state index is 12.0. The van der Waals surface area contributed by atoms with Crippen molar-refractivity contribution in [2.24, 2.45) is 11.3 Å². The molecule has 0 radical (unpaired) electrons. The highest BCUT2D eigenvalue weighted by molar-refractivity contribution is 5.88. The summed E-state index contributed by atoms with van der Waals surface area (Å²) in [5.41, 5.74) is 4.56. The Morgan fingerprint density at radius 3 is 2.76 bits per heavy atom. The van der Waals surface area contributed by atoms with Crippen LogP contribution >= 0.6 is 0 Å². The van der Waals surface area contributed by atoms with Crippen LogP contribution in [0.1, 0.15) is 67.8 Å². The molecular formula is C20H25N3O2. The Morgan fingerprint density at radius 1 is 1.40 bits per heavy atom. The molecule has 2 aromatic rings. The average molecular weight is 339 g/mol. The van der Waals surface area contributed by atoms with E-state index in [0.717, 1.165) is 29.3 Å². The summed E-state index contributed by atoms with van der Waals surface area (Å²) in [7, 11) is 0. The molecule has 2 aliphatic carbocycles. The number of esters is 1. The molecule has 25 heavy (non-hydrogen) atoms. The van der Waals surface area contributed by atoms with E-state index in [1.807, 2.05) is 6.92 Å². The summed E-state index contributed by atoms with van der Waals surface area (Å²) in [4.78, 5) is 16.7. The summed E-state index contributed by atoms with van der Waals surface area (Å²) in [5, 5.41) is 4.37. The van der Waals surface area contributed by atoms with E-state index in [4.69, 9.17) is 9.72 Å². The topological polar surface area (TPSA) is 56.5 Å². The van der Waals surface area contributed by atoms with Gasteiger partial charge >= 0.3 is 5.97 Å². The zero-order chi connectivity index (χ0) is 17.6. The number of aromatic nitrogens is 3. The molecular weight excluding hydrogens is 314 g/mol. The second-order valence-electron chi connectivity index (χ2n) is 7.77. The summed E-state index contributed by atoms with van der Waals surface area (Å²) >= 11 is 0. The van der Waals surface area contributed by atoms with Gasteiger partial charge in [0.2, 0.25) is 0 Å². The summed E-state index contributed by atoms with van der Waals surface area (Å²) in [6.07, 6.45) is 7.92. The van der Waals surface area contributed by atoms with E-state index in [1.54, 1.807) is 17.5 Å². The Morgan fingerprint density at radius 2 is 2.16 bits per heavy atom. The molecule has 2 saturated carbocycles. The zero-order valence-corrected chi connectivity index (χ0v) is 15.0. The van der Waals surface area contributed by atoms with Crippen molar-refractivity contribution in [3.05, 3.63) is 35.8 Å². The lowest BCUT2D eigenvalue weighted by molar-refractivity contribution is -0.0243. The highest BCUT2D eigenvalue weighted by Crippen LogP contribution is 2.59. The van der Waals surface area contributed by atoms with Crippen molar-refractivity contribution in [2.75, 3.05) is 6.61 Å². The zero-order valence-electron chi connectivity index (χ0n) is 15.0. The van der Waals surface area contributed by atoms with Gasteiger partial charge in [0.15, 0.2) is 11.3 Å². The summed E-state index contributed by atoms with van der Waals surface area (Å²) in [5.74, 6) is 0.328. The van der Waals surface area contributed by atoms with E-state index in [2.05, 4.69) is 17.7 Å². The molecule has 132 valence electrons. The van der Waals surface area contributed by atoms with E-state index < -0.39 is 5.97 Å². The third-order valence-electron chi connectivity index (χ3n) is 5.76. The number of fused-ring (bicyclic) bond motifs is 1. The molecule has 0 atom stereocenters. The van der Waals surface area contributed by atoms with Gasteiger partial charge in [-0.15, -0.1) is 0 Å². The second-order valence-corrected chi connectivity index (χ2v) is 7.77. The first-order chi connectivity index (χ1) is 12.0. The molecule has 0 N–H and O–H groups in total. The van der Waals surface area contributed by atoms with Crippen LogP contribution in [0.25, 0.3) is 11.2 Å². The molecule has 5 heteroatoms. The minimum Gasteiger partial charge on any atom is -0.461 e. The van der Waals surface area contributed by atoms with Gasteiger partial charge in [-0.1, -0.05) is 13.0 Å². The Balaban J connectivity index is 1.61. The lowest BCUT2D eigenvalue weighted by Crippen LogP contribution is -2.43. The van der Waals surface area contributed by atoms with Crippen LogP contribution in [-0.2, 0) is 11.2 Å². The minimum atomic E-state index is -0.409. The quantitative estimate of drug-likeness (QED) is 0.771. The molecule has 1 spiro atoms. The van der Waals surface area contributed by atoms with Crippen LogP contribution < -0.4 is 0 Å². The van der Waals surface area contributed by atoms with Crippen molar-refractivity contribution < 1.29 is 9.53 Å². The molecule has 0 unspecified atom stereocenters. The fourth-order valence-corrected chi connectivity index (χ4v) is 4.43. The van der Waals surface area contributed by atoms with Crippen LogP contribution in [0.15, 0.2) is 18.7 Å². The van der Waals surface area contributed by atoms with Gasteiger partial charge in [0, 0.05) is 11.8 Å². The van der Waals surface area contributed by atoms with Crippen molar-refractivity contribution in [1.29, 1.82) is 0 Å². The fraction of sp³-hybridized carbons (Fsp3) is 0.550. The smallest absolute Gasteiger partial charge is 0.358 e. The average Bonchev–Trinajstić information content (AvgIpc) is 2.91. The van der Waals surface area contributed by atoms with Crippen LogP contribution in [0.4, 0.5) is 0 Å². The standard InChI is InChI=1S/C20H25N3O2/c1-4-25-19(24)16-10-18-21-15(9-17(13(2)3)23(18)22-16)8-14-11-20(12-14)6-5-7-20/h9-10,14H,2,4-8,11-12H2,1,3H3. The third kappa shape index (κ3) is 2.86. The Kier molecular flexibility index (Phi) is 3.89. The minimum absolute atomic E-state index is 0.297. The summed E-state index contributed by atoms with van der Waals surface area (Å²) < 4.78 is 6.76. The first-order valence-corrected chi connectivity index (χ1v) is 9.22. The van der Waals surface area contributed by atoms with Crippen LogP contribution in [0, 0.1) is 11.3 Å². The molecule has 0 aliphatic heterocycles. The van der Waals surface area contributed by atoms with Gasteiger partial charge in [0.25, 0.3) is 0 Å². The van der Waals surface area contributed by atoms with Gasteiger partial charge < -0.3 is 4.74 Å². The molecule has 2 fully saturated rings. The largest absolute Gasteiger partial charge is 0.461 e. The summed E-state index contributed by atoms with van der Waals surface area (Å²) in [6.45, 7) is 8.14. The van der Waals surface area contributed by atoms with E-state index in [9.17, 15) is 4.79 Å². The number of nitrogens with zero attached hydrogens (tertiary/aromatic N) is 3. The number of ether oxygens (including phenoxy) is 1. The number of rotatable bonds is 5. The lowest BCUT2D eigenvalue weighted by atomic mass is 9.51. The molecule has 0 saturated heterocycles. The summed E-state index contributed by atoms with van der Waals surface area (Å²) in [6, 6.07) is 3.78. The van der Waals surface area contributed by atoms with E-state index in [1.165, 1.54) is 32.1 Å². The molecule has 2 heterocycles. The van der Waals surface area contributed by atoms with Crippen molar-refractivity contribution in [3.63, 3.8) is 0 Å². The van der Waals surface area contributed by atoms with Crippen LogP contribution in [0.5, 0.6) is 0 Å². The van der Waals surface area contributed by atoms with Crippen molar-refractivity contribution in [2.45, 2.75) is 52.4 Å². The molecule has 2 aliphatic rings. The van der Waals surface area contributed by atoms with Crippen LogP contribution in [0.3, 0.4) is 0 Å². The van der Waals surface area contributed by atoms with Gasteiger partial charge in [-0.2, -0.15) is 5.10 Å². The first kappa shape index (κ1) is 16.3. The van der Waals surface area contributed by atoms with Gasteiger partial charge in [-0.3, -0.25) is 0 Å². The molecule has 0 bridgehead atoms. The van der Waals surface area contributed by atoms with E-state index >= 15 is 0 Å². The van der Waals surface area contributed by atoms with Crippen molar-refractivity contribution >= 4 is 17.2 Å². The number of allylic oxidation sites excluding steroid dienone is 1. The predicted molar refractivity (Wildman–Crippen MR) is 96.4 cm³/mol. The van der Waals surface area contributed by atoms with Gasteiger partial charge in [-0.05, 0) is 68.9 Å². The van der Waals surface area contributed by atoms with E-state index in [-0.39, 0.29) is 0 Å². The van der Waals surface area contributed by atoms with Crippen molar-refractivity contribution in [3.8, 4) is 0 Å². The predicted octanol–water partition coefficient (Wildman–Crippen LogP) is 4.06. The van der Waals surface area contributed by atoms with E-state index in [0.29, 0.717) is 23.4 Å². The second kappa shape index (κ2) is 5.97. The molecule has 5 nitrogen and oxygen atoms in total. The lowest BCUT2D eigenvalue weighted by Gasteiger charge is -2.54. The SMILES string of the molecule is C=C(C)c1cc(CC2CC3(CCC3)C2)nc2cc(C(=O)OCC)nn12. The van der Waals surface area contributed by atoms with Gasteiger partial charge in [0.1, 0.15) is 0 Å². The first-order valence-electron chi connectivity index (χ1n) is 9.22. The highest BCUT2D eigenvalue weighted by Gasteiger charge is 2.47. The fourth-order valence-electron chi connectivity index (χ4n) is 4.43. The van der Waals surface area contributed by atoms with Gasteiger partial charge in [0.05, 0.1) is 12.3 Å². The molecule has 0 amide bonds. The maximum Gasteiger partial charge on any atom is 0.358 e. The van der Waals surface area contributed by atoms with Crippen LogP contribution in [0.2, 0.25) is 0 Å². The normalized spacial score (nSPS) is 18.8. The van der Waals surface area contributed by atoms with Crippen molar-refractivity contribution in [1.82, 2.24) is 14.6 Å². The maximum atomic E-state index is 12.0. The Labute approximate surface area is 148 Å². The number of carbonyl (C=O) groups excluding carboxylic acids is 1. The monoisotopic (exact) mass is 339 g/mol. The number of hydrogen-bond donors (Lipinski definition) is 0. The Bertz CT molecular complexity index is 840. The number of carbonyl (C=O) groups is 1. The Hall–Kier alpha value is -2.17. The highest BCUT2D eigenvalue weighted by atomic mass is 16.5. The van der Waals surface area contributed by atoms with Gasteiger partial charge in [-0.25, -0.2) is 14.3 Å². The van der Waals surface area contributed by atoms with Crippen LogP contribution in [-0.4, -0.2) is 27.2 Å². The molecule has 4 rings (SSSR count). The molecule has 2 aromatic heterocycles. The third-order valence-corrected chi connectivity index (χ3v) is 5.76. The molecule has 0 aromatic carbocycles. The number of hydrogen-bond acceptors (Lipinski definition) is 4.